The molecule has 0 radical (unpaired) electrons. The van der Waals surface area contributed by atoms with E-state index in [2.05, 4.69) is 15.1 Å². The molecule has 3 aliphatic rings. The molecule has 0 spiro atoms. The maximum absolute atomic E-state index is 13.9. The van der Waals surface area contributed by atoms with E-state index in [0.717, 1.165) is 49.9 Å². The molecule has 7 nitrogen and oxygen atoms in total. The van der Waals surface area contributed by atoms with Crippen LogP contribution in [0.25, 0.3) is 0 Å². The zero-order valence-corrected chi connectivity index (χ0v) is 20.2. The number of imide groups is 1. The fraction of sp³-hybridized carbons (Fsp3) is 0.464. The molecule has 1 N–H and O–H groups in total. The number of carbonyl (C=O) groups is 3. The van der Waals surface area contributed by atoms with Crippen LogP contribution in [0, 0.1) is 5.92 Å². The van der Waals surface area contributed by atoms with Gasteiger partial charge in [-0.1, -0.05) is 73.5 Å². The average Bonchev–Trinajstić information content (AvgIpc) is 3.08. The van der Waals surface area contributed by atoms with Crippen LogP contribution in [0.3, 0.4) is 0 Å². The number of hydrogen-bond acceptors (Lipinski definition) is 4. The number of rotatable bonds is 5. The lowest BCUT2D eigenvalue weighted by Crippen LogP contribution is -2.49. The molecule has 0 aromatic heterocycles. The van der Waals surface area contributed by atoms with Crippen molar-refractivity contribution in [2.24, 2.45) is 5.92 Å². The first-order valence-electron chi connectivity index (χ1n) is 12.9. The SMILES string of the molecule is O=C(C1CCN(CN2C(=O)NC(c3ccccc3)(c3ccccc3)C2=O)CC1)N1CCCCCC1. The summed E-state index contributed by atoms with van der Waals surface area (Å²) in [5.41, 5.74) is 0.253. The normalized spacial score (nSPS) is 21.6. The maximum Gasteiger partial charge on any atom is 0.326 e. The summed E-state index contributed by atoms with van der Waals surface area (Å²) in [6.07, 6.45) is 6.15. The Hall–Kier alpha value is -3.19. The number of benzene rings is 2. The lowest BCUT2D eigenvalue weighted by Gasteiger charge is -2.35. The lowest BCUT2D eigenvalue weighted by atomic mass is 9.83. The van der Waals surface area contributed by atoms with Crippen molar-refractivity contribution in [3.8, 4) is 0 Å². The van der Waals surface area contributed by atoms with E-state index in [4.69, 9.17) is 0 Å². The summed E-state index contributed by atoms with van der Waals surface area (Å²) in [6.45, 7) is 3.39. The first-order valence-corrected chi connectivity index (χ1v) is 12.9. The second-order valence-electron chi connectivity index (χ2n) is 9.92. The van der Waals surface area contributed by atoms with Gasteiger partial charge in [0.1, 0.15) is 0 Å². The van der Waals surface area contributed by atoms with Gasteiger partial charge < -0.3 is 10.2 Å². The van der Waals surface area contributed by atoms with Gasteiger partial charge in [-0.25, -0.2) is 9.69 Å². The molecule has 0 bridgehead atoms. The molecule has 4 amide bonds. The van der Waals surface area contributed by atoms with E-state index in [9.17, 15) is 14.4 Å². The van der Waals surface area contributed by atoms with Crippen LogP contribution in [0.4, 0.5) is 4.79 Å². The molecule has 0 aliphatic carbocycles. The molecule has 3 heterocycles. The van der Waals surface area contributed by atoms with Crippen LogP contribution in [-0.2, 0) is 15.1 Å². The Morgan fingerprint density at radius 2 is 1.34 bits per heavy atom. The topological polar surface area (TPSA) is 73.0 Å². The highest BCUT2D eigenvalue weighted by molar-refractivity contribution is 6.09. The Bertz CT molecular complexity index is 1000. The predicted molar refractivity (Wildman–Crippen MR) is 133 cm³/mol. The lowest BCUT2D eigenvalue weighted by molar-refractivity contribution is -0.138. The maximum atomic E-state index is 13.9. The van der Waals surface area contributed by atoms with Crippen molar-refractivity contribution in [1.29, 1.82) is 0 Å². The predicted octanol–water partition coefficient (Wildman–Crippen LogP) is 3.55. The van der Waals surface area contributed by atoms with Gasteiger partial charge in [0.15, 0.2) is 5.54 Å². The van der Waals surface area contributed by atoms with Gasteiger partial charge in [-0.3, -0.25) is 14.5 Å². The van der Waals surface area contributed by atoms with Gasteiger partial charge in [-0.15, -0.1) is 0 Å². The third-order valence-electron chi connectivity index (χ3n) is 7.72. The molecule has 3 saturated heterocycles. The van der Waals surface area contributed by atoms with Gasteiger partial charge in [0.05, 0.1) is 6.67 Å². The van der Waals surface area contributed by atoms with Gasteiger partial charge in [0.2, 0.25) is 5.91 Å². The molecule has 3 aliphatic heterocycles. The second kappa shape index (κ2) is 10.2. The number of likely N-dealkylation sites (tertiary alicyclic amines) is 2. The van der Waals surface area contributed by atoms with Gasteiger partial charge in [-0.05, 0) is 36.8 Å². The second-order valence-corrected chi connectivity index (χ2v) is 9.92. The third-order valence-corrected chi connectivity index (χ3v) is 7.72. The zero-order chi connectivity index (χ0) is 24.3. The number of hydrogen-bond donors (Lipinski definition) is 1. The van der Waals surface area contributed by atoms with Crippen LogP contribution in [0.2, 0.25) is 0 Å². The number of urea groups is 1. The summed E-state index contributed by atoms with van der Waals surface area (Å²) in [5.74, 6) is 0.0663. The van der Waals surface area contributed by atoms with Crippen molar-refractivity contribution in [3.63, 3.8) is 0 Å². The zero-order valence-electron chi connectivity index (χ0n) is 20.2. The molecule has 0 unspecified atom stereocenters. The van der Waals surface area contributed by atoms with Crippen molar-refractivity contribution < 1.29 is 14.4 Å². The number of amides is 4. The summed E-state index contributed by atoms with van der Waals surface area (Å²) in [7, 11) is 0. The van der Waals surface area contributed by atoms with Crippen LogP contribution in [0.5, 0.6) is 0 Å². The van der Waals surface area contributed by atoms with E-state index in [1.807, 2.05) is 60.7 Å². The Balaban J connectivity index is 1.28. The molecular formula is C28H34N4O3. The number of piperidine rings is 1. The molecule has 184 valence electrons. The Kier molecular flexibility index (Phi) is 6.86. The smallest absolute Gasteiger partial charge is 0.326 e. The minimum absolute atomic E-state index is 0.0418. The molecule has 7 heteroatoms. The van der Waals surface area contributed by atoms with E-state index >= 15 is 0 Å². The van der Waals surface area contributed by atoms with Gasteiger partial charge in [-0.2, -0.15) is 0 Å². The molecule has 3 fully saturated rings. The van der Waals surface area contributed by atoms with E-state index in [-0.39, 0.29) is 30.4 Å². The highest BCUT2D eigenvalue weighted by Gasteiger charge is 2.54. The van der Waals surface area contributed by atoms with Crippen molar-refractivity contribution >= 4 is 17.8 Å². The molecule has 5 rings (SSSR count). The molecular weight excluding hydrogens is 440 g/mol. The van der Waals surface area contributed by atoms with Crippen LogP contribution < -0.4 is 5.32 Å². The molecule has 0 saturated carbocycles. The van der Waals surface area contributed by atoms with Gasteiger partial charge >= 0.3 is 6.03 Å². The van der Waals surface area contributed by atoms with Crippen molar-refractivity contribution in [3.05, 3.63) is 71.8 Å². The first-order chi connectivity index (χ1) is 17.1. The van der Waals surface area contributed by atoms with E-state index in [1.165, 1.54) is 17.7 Å². The number of carbonyl (C=O) groups excluding carboxylic acids is 3. The minimum Gasteiger partial charge on any atom is -0.342 e. The van der Waals surface area contributed by atoms with E-state index < -0.39 is 5.54 Å². The molecule has 2 aromatic carbocycles. The minimum atomic E-state index is -1.24. The Labute approximate surface area is 207 Å². The van der Waals surface area contributed by atoms with Crippen LogP contribution in [0.1, 0.15) is 49.7 Å². The first kappa shape index (κ1) is 23.5. The highest BCUT2D eigenvalue weighted by Crippen LogP contribution is 2.36. The van der Waals surface area contributed by atoms with Crippen molar-refractivity contribution in [2.75, 3.05) is 32.8 Å². The number of nitrogens with zero attached hydrogens (tertiary/aromatic N) is 3. The third kappa shape index (κ3) is 4.57. The van der Waals surface area contributed by atoms with Crippen LogP contribution in [-0.4, -0.2) is 65.4 Å². The quantitative estimate of drug-likeness (QED) is 0.673. The summed E-state index contributed by atoms with van der Waals surface area (Å²) in [5, 5.41) is 3.02. The highest BCUT2D eigenvalue weighted by atomic mass is 16.2. The standard InChI is InChI=1S/C28H34N4O3/c33-25(31-17-9-1-2-10-18-31)22-15-19-30(20-16-22)21-32-26(34)28(29-27(32)35,23-11-5-3-6-12-23)24-13-7-4-8-14-24/h3-8,11-14,22H,1-2,9-10,15-21H2,(H,29,35). The summed E-state index contributed by atoms with van der Waals surface area (Å²) in [4.78, 5) is 45.6. The molecule has 35 heavy (non-hydrogen) atoms. The molecule has 0 atom stereocenters. The largest absolute Gasteiger partial charge is 0.342 e. The summed E-state index contributed by atoms with van der Waals surface area (Å²) in [6, 6.07) is 18.5. The van der Waals surface area contributed by atoms with Crippen molar-refractivity contribution in [1.82, 2.24) is 20.0 Å². The summed E-state index contributed by atoms with van der Waals surface area (Å²) >= 11 is 0. The molecule has 2 aromatic rings. The average molecular weight is 475 g/mol. The van der Waals surface area contributed by atoms with E-state index in [1.54, 1.807) is 0 Å². The fourth-order valence-corrected chi connectivity index (χ4v) is 5.71. The summed E-state index contributed by atoms with van der Waals surface area (Å²) < 4.78 is 0. The Morgan fingerprint density at radius 3 is 1.89 bits per heavy atom. The Morgan fingerprint density at radius 1 is 0.800 bits per heavy atom. The van der Waals surface area contributed by atoms with Crippen molar-refractivity contribution in [2.45, 2.75) is 44.1 Å². The van der Waals surface area contributed by atoms with Gasteiger partial charge in [0.25, 0.3) is 5.91 Å². The number of nitrogens with one attached hydrogen (secondary N) is 1. The van der Waals surface area contributed by atoms with Gasteiger partial charge in [0, 0.05) is 32.1 Å². The monoisotopic (exact) mass is 474 g/mol. The van der Waals surface area contributed by atoms with Crippen LogP contribution >= 0.6 is 0 Å². The van der Waals surface area contributed by atoms with E-state index in [0.29, 0.717) is 13.1 Å². The fourth-order valence-electron chi connectivity index (χ4n) is 5.71. The van der Waals surface area contributed by atoms with Crippen LogP contribution in [0.15, 0.2) is 60.7 Å².